The van der Waals surface area contributed by atoms with Crippen molar-refractivity contribution < 1.29 is 28.9 Å². The number of rotatable bonds is 8. The number of aromatic nitrogens is 3. The van der Waals surface area contributed by atoms with Crippen LogP contribution in [-0.2, 0) is 30.9 Å². The van der Waals surface area contributed by atoms with Crippen molar-refractivity contribution in [2.45, 2.75) is 111 Å². The maximum atomic E-state index is 6.85. The average molecular weight is 1210 g/mol. The molecule has 0 spiro atoms. The molecule has 393 valence electrons. The summed E-state index contributed by atoms with van der Waals surface area (Å²) in [6, 6.07) is 65.3. The Labute approximate surface area is 474 Å². The van der Waals surface area contributed by atoms with Gasteiger partial charge < -0.3 is 18.4 Å². The first-order valence-corrected chi connectivity index (χ1v) is 31.0. The second-order valence-corrected chi connectivity index (χ2v) is 29.4. The van der Waals surface area contributed by atoms with Gasteiger partial charge in [-0.25, -0.2) is 0 Å². The summed E-state index contributed by atoms with van der Waals surface area (Å²) in [5, 5.41) is 5.55. The number of nitrogens with zero attached hydrogens (tertiary/aromatic N) is 3. The number of hydrogen-bond acceptors (Lipinski definition) is 4. The van der Waals surface area contributed by atoms with Gasteiger partial charge in [0.1, 0.15) is 16.7 Å². The number of fused-ring (bicyclic) bond motifs is 8. The normalized spacial score (nSPS) is 14.1. The zero-order valence-corrected chi connectivity index (χ0v) is 50.1. The van der Waals surface area contributed by atoms with Gasteiger partial charge in [-0.1, -0.05) is 171 Å². The quantitative estimate of drug-likeness (QED) is 0.112. The van der Waals surface area contributed by atoms with Crippen LogP contribution in [0.3, 0.4) is 0 Å². The van der Waals surface area contributed by atoms with E-state index >= 15 is 0 Å². The summed E-state index contributed by atoms with van der Waals surface area (Å²) in [4.78, 5) is 9.90. The molecule has 0 amide bonds. The van der Waals surface area contributed by atoms with Gasteiger partial charge in [0.25, 0.3) is 0 Å². The summed E-state index contributed by atoms with van der Waals surface area (Å²) in [6.07, 6.45) is 4.44. The van der Waals surface area contributed by atoms with Crippen molar-refractivity contribution >= 4 is 68.2 Å². The van der Waals surface area contributed by atoms with Crippen LogP contribution < -0.4 is 5.19 Å². The van der Waals surface area contributed by atoms with Gasteiger partial charge in [-0.2, -0.15) is 0 Å². The Morgan fingerprint density at radius 3 is 1.85 bits per heavy atom. The fourth-order valence-corrected chi connectivity index (χ4v) is 12.7. The Kier molecular flexibility index (Phi) is 13.7. The van der Waals surface area contributed by atoms with Crippen LogP contribution in [0.4, 0.5) is 0 Å². The van der Waals surface area contributed by atoms with Gasteiger partial charge in [-0.05, 0) is 133 Å². The van der Waals surface area contributed by atoms with Crippen LogP contribution in [-0.4, -0.2) is 22.6 Å². The predicted molar refractivity (Wildman–Crippen MR) is 326 cm³/mol. The van der Waals surface area contributed by atoms with E-state index in [1.54, 1.807) is 0 Å². The van der Waals surface area contributed by atoms with Crippen LogP contribution >= 0.6 is 0 Å². The minimum Gasteiger partial charge on any atom is -0.501 e. The van der Waals surface area contributed by atoms with E-state index in [-0.39, 0.29) is 42.8 Å². The molecule has 4 aromatic heterocycles. The van der Waals surface area contributed by atoms with E-state index in [1.165, 1.54) is 68.2 Å². The zero-order valence-electron chi connectivity index (χ0n) is 46.7. The van der Waals surface area contributed by atoms with Crippen molar-refractivity contribution in [3.63, 3.8) is 0 Å². The SMILES string of the molecule is CC(C)c1cc(-c2ccc(-c3ccc4c(c3)C(C)(C)CCC4(C)C)cc2)cc(C(C)C)c1-n1c(-c2[c-]ccc3c2oc2cc4c(cc23)oc2ccccc24)nc2ccccc21.C[Si](C)(C)c1ccc(-c2[c-]cccc2)nc1.[Ir]. The third kappa shape index (κ3) is 9.48. The van der Waals surface area contributed by atoms with Crippen molar-refractivity contribution in [3.05, 3.63) is 204 Å². The minimum absolute atomic E-state index is 0. The molecule has 1 radical (unpaired) electrons. The van der Waals surface area contributed by atoms with Gasteiger partial charge in [0, 0.05) is 48.1 Å². The minimum atomic E-state index is -1.23. The van der Waals surface area contributed by atoms with Gasteiger partial charge >= 0.3 is 0 Å². The number of furan rings is 2. The van der Waals surface area contributed by atoms with Gasteiger partial charge in [0.2, 0.25) is 0 Å². The molecule has 4 heterocycles. The molecule has 0 saturated carbocycles. The number of pyridine rings is 1. The van der Waals surface area contributed by atoms with Crippen LogP contribution in [0.2, 0.25) is 19.6 Å². The Morgan fingerprint density at radius 1 is 0.551 bits per heavy atom. The molecule has 13 rings (SSSR count). The molecule has 78 heavy (non-hydrogen) atoms. The first-order chi connectivity index (χ1) is 36.9. The smallest absolute Gasteiger partial charge is 0.136 e. The zero-order chi connectivity index (χ0) is 53.5. The predicted octanol–water partition coefficient (Wildman–Crippen LogP) is 19.3. The Morgan fingerprint density at radius 2 is 1.18 bits per heavy atom. The van der Waals surface area contributed by atoms with E-state index in [2.05, 4.69) is 218 Å². The average Bonchev–Trinajstić information content (AvgIpc) is 4.33. The monoisotopic (exact) mass is 1210 g/mol. The van der Waals surface area contributed by atoms with E-state index in [1.807, 2.05) is 48.7 Å². The topological polar surface area (TPSA) is 57.0 Å². The maximum absolute atomic E-state index is 6.85. The Hall–Kier alpha value is -7.15. The standard InChI is InChI=1S/C57H51N2O2.C14H16NSi.Ir/c1-33(2)42-28-38(36-22-20-35(21-23-36)37-24-25-46-47(30-37)57(7,8)27-26-56(46,5)6)29-43(34(3)4)53(42)59-49-18-11-10-17-48(49)58-55(59)41-16-13-15-40-45-32-51-44(31-52(45)61-54(40)41)39-14-9-12-19-50(39)60-51;1-16(2,3)13-9-10-14(15-11-13)12-7-5-4-6-8-12;/h9-15,17-25,28-34H,26-27H2,1-8H3;4-7,9-11H,1-3H3;/q2*-1;. The van der Waals surface area contributed by atoms with Gasteiger partial charge in [0.05, 0.1) is 30.5 Å². The summed E-state index contributed by atoms with van der Waals surface area (Å²) >= 11 is 0. The molecule has 0 N–H and O–H groups in total. The Balaban J connectivity index is 0.000000326. The second kappa shape index (κ2) is 20.3. The molecule has 8 aromatic carbocycles. The van der Waals surface area contributed by atoms with Gasteiger partial charge in [0.15, 0.2) is 0 Å². The summed E-state index contributed by atoms with van der Waals surface area (Å²) in [7, 11) is -1.23. The van der Waals surface area contributed by atoms with Crippen LogP contribution in [0.1, 0.15) is 102 Å². The van der Waals surface area contributed by atoms with Crippen LogP contribution in [0, 0.1) is 12.1 Å². The fraction of sp³-hybridized carbons (Fsp3) is 0.239. The van der Waals surface area contributed by atoms with E-state index in [0.717, 1.165) is 77.6 Å². The maximum Gasteiger partial charge on any atom is 0.136 e. The Bertz CT molecular complexity index is 4160. The fourth-order valence-electron chi connectivity index (χ4n) is 11.7. The molecule has 0 unspecified atom stereocenters. The molecular formula is C71H67IrN3O2Si-2. The molecular weight excluding hydrogens is 1150 g/mol. The molecule has 5 nitrogen and oxygen atoms in total. The van der Waals surface area contributed by atoms with E-state index in [0.29, 0.717) is 0 Å². The number of benzene rings is 8. The summed E-state index contributed by atoms with van der Waals surface area (Å²) in [5.74, 6) is 1.29. The van der Waals surface area contributed by atoms with Crippen molar-refractivity contribution in [2.75, 3.05) is 0 Å². The van der Waals surface area contributed by atoms with E-state index in [9.17, 15) is 0 Å². The molecule has 0 saturated heterocycles. The summed E-state index contributed by atoms with van der Waals surface area (Å²) in [5.41, 5.74) is 20.3. The van der Waals surface area contributed by atoms with Crippen molar-refractivity contribution in [3.8, 4) is 50.6 Å². The van der Waals surface area contributed by atoms with E-state index in [4.69, 9.17) is 13.8 Å². The summed E-state index contributed by atoms with van der Waals surface area (Å²) in [6.45, 7) is 25.8. The van der Waals surface area contributed by atoms with Crippen LogP contribution in [0.5, 0.6) is 0 Å². The third-order valence-electron chi connectivity index (χ3n) is 16.4. The largest absolute Gasteiger partial charge is 0.501 e. The third-order valence-corrected chi connectivity index (χ3v) is 18.4. The first kappa shape index (κ1) is 52.9. The summed E-state index contributed by atoms with van der Waals surface area (Å²) < 4.78 is 15.5. The van der Waals surface area contributed by atoms with E-state index < -0.39 is 8.07 Å². The molecule has 0 bridgehead atoms. The molecule has 0 aliphatic heterocycles. The second-order valence-electron chi connectivity index (χ2n) is 24.3. The molecule has 7 heteroatoms. The molecule has 1 aliphatic rings. The number of imidazole rings is 1. The first-order valence-electron chi connectivity index (χ1n) is 27.5. The van der Waals surface area contributed by atoms with Crippen LogP contribution in [0.25, 0.3) is 105 Å². The molecule has 0 atom stereocenters. The van der Waals surface area contributed by atoms with Crippen molar-refractivity contribution in [1.82, 2.24) is 14.5 Å². The number of para-hydroxylation sites is 3. The van der Waals surface area contributed by atoms with Crippen molar-refractivity contribution in [2.24, 2.45) is 0 Å². The molecule has 0 fully saturated rings. The van der Waals surface area contributed by atoms with Gasteiger partial charge in [-0.3, -0.25) is 4.98 Å². The number of hydrogen-bond donors (Lipinski definition) is 0. The van der Waals surface area contributed by atoms with Gasteiger partial charge in [-0.15, -0.1) is 54.1 Å². The molecule has 12 aromatic rings. The van der Waals surface area contributed by atoms with Crippen LogP contribution in [0.15, 0.2) is 179 Å². The molecule has 1 aliphatic carbocycles. The van der Waals surface area contributed by atoms with Crippen molar-refractivity contribution in [1.29, 1.82) is 0 Å².